The highest BCUT2D eigenvalue weighted by atomic mass is 35.5. The van der Waals surface area contributed by atoms with Crippen molar-refractivity contribution in [2.24, 2.45) is 0 Å². The van der Waals surface area contributed by atoms with Crippen molar-refractivity contribution in [2.75, 3.05) is 0 Å². The first-order valence-corrected chi connectivity index (χ1v) is 9.42. The molecule has 2 aromatic rings. The predicted octanol–water partition coefficient (Wildman–Crippen LogP) is 5.73. The molecule has 1 atom stereocenters. The van der Waals surface area contributed by atoms with Crippen molar-refractivity contribution in [1.29, 1.82) is 0 Å². The van der Waals surface area contributed by atoms with Crippen LogP contribution in [0.4, 0.5) is 9.18 Å². The molecule has 2 rings (SSSR count). The number of carbonyl (C=O) groups excluding carboxylic acids is 2. The molecule has 0 aliphatic heterocycles. The summed E-state index contributed by atoms with van der Waals surface area (Å²) >= 11 is 11.8. The van der Waals surface area contributed by atoms with Gasteiger partial charge in [-0.25, -0.2) is 14.2 Å². The number of aromatic nitrogens is 1. The van der Waals surface area contributed by atoms with Crippen LogP contribution in [0.3, 0.4) is 0 Å². The zero-order valence-electron chi connectivity index (χ0n) is 16.0. The van der Waals surface area contributed by atoms with Gasteiger partial charge in [-0.2, -0.15) is 0 Å². The minimum atomic E-state index is -0.796. The number of amides is 1. The van der Waals surface area contributed by atoms with Gasteiger partial charge in [0.05, 0.1) is 16.6 Å². The van der Waals surface area contributed by atoms with E-state index in [-0.39, 0.29) is 26.9 Å². The summed E-state index contributed by atoms with van der Waals surface area (Å²) in [4.78, 5) is 28.7. The number of carbonyl (C=O) groups is 2. The van der Waals surface area contributed by atoms with E-state index in [0.29, 0.717) is 6.42 Å². The van der Waals surface area contributed by atoms with Crippen LogP contribution in [0.5, 0.6) is 0 Å². The molecule has 0 radical (unpaired) electrons. The monoisotopic (exact) mass is 426 g/mol. The maximum absolute atomic E-state index is 15.2. The number of nitrogens with one attached hydrogen (secondary N) is 1. The van der Waals surface area contributed by atoms with Crippen LogP contribution in [0.1, 0.15) is 61.6 Å². The Morgan fingerprint density at radius 3 is 2.43 bits per heavy atom. The van der Waals surface area contributed by atoms with Crippen LogP contribution in [0.2, 0.25) is 10.2 Å². The van der Waals surface area contributed by atoms with Gasteiger partial charge in [0.1, 0.15) is 16.6 Å². The van der Waals surface area contributed by atoms with E-state index in [9.17, 15) is 9.59 Å². The zero-order chi connectivity index (χ0) is 21.1. The number of hydrogen-bond acceptors (Lipinski definition) is 4. The summed E-state index contributed by atoms with van der Waals surface area (Å²) in [6, 6.07) is 5.05. The lowest BCUT2D eigenvalue weighted by Crippen LogP contribution is -2.35. The molecule has 1 aromatic carbocycles. The lowest BCUT2D eigenvalue weighted by atomic mass is 9.97. The van der Waals surface area contributed by atoms with Crippen molar-refractivity contribution >= 4 is 35.1 Å². The van der Waals surface area contributed by atoms with Crippen molar-refractivity contribution in [2.45, 2.75) is 45.8 Å². The second kappa shape index (κ2) is 8.88. The van der Waals surface area contributed by atoms with Crippen molar-refractivity contribution in [3.05, 3.63) is 63.1 Å². The Morgan fingerprint density at radius 2 is 1.89 bits per heavy atom. The minimum absolute atomic E-state index is 0.0340. The Balaban J connectivity index is 2.38. The van der Waals surface area contributed by atoms with Gasteiger partial charge in [-0.05, 0) is 45.4 Å². The van der Waals surface area contributed by atoms with Gasteiger partial charge in [0.15, 0.2) is 5.78 Å². The maximum atomic E-state index is 15.2. The lowest BCUT2D eigenvalue weighted by Gasteiger charge is -2.24. The Kier molecular flexibility index (Phi) is 7.01. The Hall–Kier alpha value is -2.18. The minimum Gasteiger partial charge on any atom is -0.444 e. The number of alkyl carbamates (subject to hydrolysis) is 1. The summed E-state index contributed by atoms with van der Waals surface area (Å²) in [6.45, 7) is 6.97. The van der Waals surface area contributed by atoms with Crippen LogP contribution in [0, 0.1) is 5.82 Å². The van der Waals surface area contributed by atoms with E-state index < -0.39 is 29.3 Å². The van der Waals surface area contributed by atoms with E-state index in [1.54, 1.807) is 27.7 Å². The predicted molar refractivity (Wildman–Crippen MR) is 106 cm³/mol. The van der Waals surface area contributed by atoms with Gasteiger partial charge in [-0.15, -0.1) is 0 Å². The van der Waals surface area contributed by atoms with Crippen molar-refractivity contribution in [3.8, 4) is 0 Å². The molecule has 1 N–H and O–H groups in total. The van der Waals surface area contributed by atoms with Crippen molar-refractivity contribution in [3.63, 3.8) is 0 Å². The summed E-state index contributed by atoms with van der Waals surface area (Å²) in [5.74, 6) is -1.42. The first kappa shape index (κ1) is 22.1. The molecule has 1 heterocycles. The first-order valence-electron chi connectivity index (χ1n) is 8.67. The topological polar surface area (TPSA) is 68.3 Å². The summed E-state index contributed by atoms with van der Waals surface area (Å²) in [5, 5.41) is 2.81. The van der Waals surface area contributed by atoms with E-state index in [1.165, 1.54) is 30.5 Å². The van der Waals surface area contributed by atoms with Gasteiger partial charge in [-0.1, -0.05) is 36.2 Å². The largest absolute Gasteiger partial charge is 0.444 e. The number of ketones is 1. The number of benzene rings is 1. The molecule has 1 aromatic heterocycles. The number of rotatable bonds is 5. The molecule has 0 unspecified atom stereocenters. The van der Waals surface area contributed by atoms with Gasteiger partial charge >= 0.3 is 6.09 Å². The molecule has 0 saturated heterocycles. The molecule has 0 spiro atoms. The summed E-state index contributed by atoms with van der Waals surface area (Å²) in [7, 11) is 0. The summed E-state index contributed by atoms with van der Waals surface area (Å²) in [5.41, 5.74) is -0.685. The number of pyridine rings is 1. The number of nitrogens with zero attached hydrogens (tertiary/aromatic N) is 1. The average Bonchev–Trinajstić information content (AvgIpc) is 2.59. The molecule has 0 fully saturated rings. The SMILES string of the molecule is CC[C@@H](NC(=O)OC(C)(C)C)c1ccc(Cl)c(C(=O)c2ccc(Cl)nc2)c1F. The van der Waals surface area contributed by atoms with E-state index >= 15 is 4.39 Å². The third-order valence-corrected chi connectivity index (χ3v) is 4.35. The van der Waals surface area contributed by atoms with E-state index in [4.69, 9.17) is 27.9 Å². The van der Waals surface area contributed by atoms with E-state index in [0.717, 1.165) is 0 Å². The molecule has 0 aliphatic carbocycles. The summed E-state index contributed by atoms with van der Waals surface area (Å²) in [6.07, 6.45) is 0.959. The quantitative estimate of drug-likeness (QED) is 0.489. The maximum Gasteiger partial charge on any atom is 0.408 e. The Morgan fingerprint density at radius 1 is 1.21 bits per heavy atom. The molecule has 0 aliphatic rings. The van der Waals surface area contributed by atoms with Crippen LogP contribution in [-0.4, -0.2) is 22.5 Å². The second-order valence-electron chi connectivity index (χ2n) is 7.13. The average molecular weight is 427 g/mol. The Bertz CT molecular complexity index is 880. The van der Waals surface area contributed by atoms with Crippen LogP contribution < -0.4 is 5.32 Å². The van der Waals surface area contributed by atoms with Crippen LogP contribution in [-0.2, 0) is 4.74 Å². The van der Waals surface area contributed by atoms with E-state index in [2.05, 4.69) is 10.3 Å². The van der Waals surface area contributed by atoms with Crippen LogP contribution in [0.25, 0.3) is 0 Å². The third kappa shape index (κ3) is 5.42. The molecular weight excluding hydrogens is 406 g/mol. The van der Waals surface area contributed by atoms with Crippen molar-refractivity contribution in [1.82, 2.24) is 10.3 Å². The molecule has 5 nitrogen and oxygen atoms in total. The van der Waals surface area contributed by atoms with Gasteiger partial charge in [0, 0.05) is 17.3 Å². The molecule has 8 heteroatoms. The normalized spacial score (nSPS) is 12.4. The molecular formula is C20H21Cl2FN2O3. The van der Waals surface area contributed by atoms with Gasteiger partial charge in [0.2, 0.25) is 0 Å². The first-order chi connectivity index (χ1) is 13.0. The fourth-order valence-electron chi connectivity index (χ4n) is 2.55. The van der Waals surface area contributed by atoms with E-state index in [1.807, 2.05) is 0 Å². The van der Waals surface area contributed by atoms with Gasteiger partial charge < -0.3 is 10.1 Å². The standard InChI is InChI=1S/C20H21Cl2FN2O3/c1-5-14(25-19(27)28-20(2,3)4)12-7-8-13(21)16(17(12)23)18(26)11-6-9-15(22)24-10-11/h6-10,14H,5H2,1-4H3,(H,25,27)/t14-/m1/s1. The fourth-order valence-corrected chi connectivity index (χ4v) is 2.89. The molecule has 28 heavy (non-hydrogen) atoms. The highest BCUT2D eigenvalue weighted by molar-refractivity contribution is 6.35. The zero-order valence-corrected chi connectivity index (χ0v) is 17.5. The Labute approximate surface area is 173 Å². The molecule has 0 bridgehead atoms. The van der Waals surface area contributed by atoms with Gasteiger partial charge in [0.25, 0.3) is 0 Å². The van der Waals surface area contributed by atoms with Crippen LogP contribution in [0.15, 0.2) is 30.5 Å². The van der Waals surface area contributed by atoms with Crippen molar-refractivity contribution < 1.29 is 18.7 Å². The fraction of sp³-hybridized carbons (Fsp3) is 0.350. The molecule has 0 saturated carbocycles. The van der Waals surface area contributed by atoms with Gasteiger partial charge in [-0.3, -0.25) is 4.79 Å². The summed E-state index contributed by atoms with van der Waals surface area (Å²) < 4.78 is 20.5. The lowest BCUT2D eigenvalue weighted by molar-refractivity contribution is 0.0501. The third-order valence-electron chi connectivity index (χ3n) is 3.81. The smallest absolute Gasteiger partial charge is 0.408 e. The highest BCUT2D eigenvalue weighted by Crippen LogP contribution is 2.30. The second-order valence-corrected chi connectivity index (χ2v) is 7.93. The number of hydrogen-bond donors (Lipinski definition) is 1. The number of ether oxygens (including phenoxy) is 1. The molecule has 1 amide bonds. The molecule has 150 valence electrons. The number of halogens is 3. The van der Waals surface area contributed by atoms with Crippen LogP contribution >= 0.6 is 23.2 Å². The highest BCUT2D eigenvalue weighted by Gasteiger charge is 2.26.